The first-order chi connectivity index (χ1) is 22.7. The molecule has 1 amide bonds. The molecule has 0 unspecified atom stereocenters. The molecule has 0 aromatic rings. The van der Waals surface area contributed by atoms with Crippen molar-refractivity contribution in [2.45, 2.75) is 117 Å². The fourth-order valence-electron chi connectivity index (χ4n) is 4.57. The second-order valence-corrected chi connectivity index (χ2v) is 31.1. The second kappa shape index (κ2) is 23.2. The van der Waals surface area contributed by atoms with E-state index in [4.69, 9.17) is 26.6 Å². The number of rotatable bonds is 23. The zero-order chi connectivity index (χ0) is 39.5. The van der Waals surface area contributed by atoms with E-state index in [2.05, 4.69) is 78.7 Å². The molecule has 0 spiro atoms. The Balaban J connectivity index is 0. The van der Waals surface area contributed by atoms with Gasteiger partial charge in [0.15, 0.2) is 25.0 Å². The summed E-state index contributed by atoms with van der Waals surface area (Å²) < 4.78 is 36.5. The number of carbonyl (C=O) groups is 4. The smallest absolute Gasteiger partial charge is 0.452 e. The van der Waals surface area contributed by atoms with Crippen LogP contribution < -0.4 is 0 Å². The molecule has 0 fully saturated rings. The first-order valence-electron chi connectivity index (χ1n) is 17.1. The summed E-state index contributed by atoms with van der Waals surface area (Å²) >= 11 is 0. The highest BCUT2D eigenvalue weighted by Crippen LogP contribution is 2.52. The van der Waals surface area contributed by atoms with E-state index < -0.39 is 52.4 Å². The third-order valence-corrected chi connectivity index (χ3v) is 21.0. The van der Waals surface area contributed by atoms with Crippen molar-refractivity contribution in [2.24, 2.45) is 0 Å². The molecule has 0 aliphatic rings. The van der Waals surface area contributed by atoms with Crippen LogP contribution in [0.1, 0.15) is 59.3 Å². The van der Waals surface area contributed by atoms with E-state index in [-0.39, 0.29) is 30.8 Å². The summed E-state index contributed by atoms with van der Waals surface area (Å²) in [5.41, 5.74) is 1.05. The standard InChI is InChI=1S/C30H58O9Si4.C5H9NO/c1-24(2)27(31)34-21-15-18-30(19-16-22-35-28(32)25(3)4,20-17-23-36-29(33)26(5)6)43(13,14)39-40(37-41(7,8)9)38-42(10,11)12;1-4-5(7)6(2)3/h40H,1,3,5,15-23H2,2,4,6-14H3;4H,1H2,2-3H3. The molecule has 0 aromatic heterocycles. The van der Waals surface area contributed by atoms with E-state index in [0.29, 0.717) is 55.2 Å². The van der Waals surface area contributed by atoms with Gasteiger partial charge in [0.05, 0.1) is 19.8 Å². The third-order valence-electron chi connectivity index (χ3n) is 7.33. The van der Waals surface area contributed by atoms with Gasteiger partial charge in [0.1, 0.15) is 0 Å². The zero-order valence-corrected chi connectivity index (χ0v) is 37.5. The predicted molar refractivity (Wildman–Crippen MR) is 211 cm³/mol. The van der Waals surface area contributed by atoms with Gasteiger partial charge in [-0.3, -0.25) is 4.79 Å². The molecule has 0 saturated heterocycles. The number of hydrogen-bond donors (Lipinski definition) is 0. The Hall–Kier alpha value is -2.41. The minimum atomic E-state index is -2.66. The Morgan fingerprint density at radius 2 is 0.920 bits per heavy atom. The van der Waals surface area contributed by atoms with Gasteiger partial charge < -0.3 is 31.5 Å². The normalized spacial score (nSPS) is 11.9. The molecule has 0 N–H and O–H groups in total. The van der Waals surface area contributed by atoms with Crippen LogP contribution >= 0.6 is 0 Å². The topological polar surface area (TPSA) is 127 Å². The molecule has 0 aliphatic carbocycles. The summed E-state index contributed by atoms with van der Waals surface area (Å²) in [4.78, 5) is 48.0. The van der Waals surface area contributed by atoms with Crippen LogP contribution in [-0.2, 0) is 45.7 Å². The number of hydrogen-bond acceptors (Lipinski definition) is 10. The van der Waals surface area contributed by atoms with E-state index >= 15 is 0 Å². The van der Waals surface area contributed by atoms with Gasteiger partial charge in [-0.2, -0.15) is 0 Å². The lowest BCUT2D eigenvalue weighted by atomic mass is 9.91. The minimum Gasteiger partial charge on any atom is -0.462 e. The van der Waals surface area contributed by atoms with Gasteiger partial charge in [-0.05, 0) is 123 Å². The molecule has 0 saturated carbocycles. The molecule has 0 heterocycles. The average molecular weight is 774 g/mol. The molecule has 0 aliphatic heterocycles. The van der Waals surface area contributed by atoms with Gasteiger partial charge >= 0.3 is 27.4 Å². The molecule has 15 heteroatoms. The summed E-state index contributed by atoms with van der Waals surface area (Å²) in [7, 11) is -5.79. The highest BCUT2D eigenvalue weighted by atomic mass is 28.5. The summed E-state index contributed by atoms with van der Waals surface area (Å²) in [6.45, 7) is 37.0. The first kappa shape index (κ1) is 49.7. The fraction of sp³-hybridized carbons (Fsp3) is 0.657. The van der Waals surface area contributed by atoms with Gasteiger partial charge in [0.2, 0.25) is 5.91 Å². The van der Waals surface area contributed by atoms with Gasteiger partial charge in [0.25, 0.3) is 0 Å². The van der Waals surface area contributed by atoms with Crippen LogP contribution in [0, 0.1) is 0 Å². The maximum absolute atomic E-state index is 12.1. The molecule has 0 atom stereocenters. The Morgan fingerprint density at radius 3 is 1.12 bits per heavy atom. The molecule has 0 bridgehead atoms. The van der Waals surface area contributed by atoms with Crippen molar-refractivity contribution >= 4 is 58.3 Å². The average Bonchev–Trinajstić information content (AvgIpc) is 2.96. The predicted octanol–water partition coefficient (Wildman–Crippen LogP) is 7.33. The van der Waals surface area contributed by atoms with Crippen LogP contribution in [0.4, 0.5) is 0 Å². The number of ether oxygens (including phenoxy) is 3. The van der Waals surface area contributed by atoms with Crippen molar-refractivity contribution in [2.75, 3.05) is 33.9 Å². The zero-order valence-electron chi connectivity index (χ0n) is 33.4. The first-order valence-corrected chi connectivity index (χ1v) is 28.2. The quantitative estimate of drug-likeness (QED) is 0.0343. The highest BCUT2D eigenvalue weighted by molar-refractivity contribution is 6.84. The minimum absolute atomic E-state index is 0.0556. The Labute approximate surface area is 307 Å². The van der Waals surface area contributed by atoms with Crippen LogP contribution in [0.3, 0.4) is 0 Å². The number of nitrogens with zero attached hydrogens (tertiary/aromatic N) is 1. The van der Waals surface area contributed by atoms with Crippen LogP contribution in [0.5, 0.6) is 0 Å². The van der Waals surface area contributed by atoms with E-state index in [9.17, 15) is 19.2 Å². The van der Waals surface area contributed by atoms with E-state index in [0.717, 1.165) is 0 Å². The van der Waals surface area contributed by atoms with Crippen molar-refractivity contribution < 1.29 is 45.7 Å². The van der Waals surface area contributed by atoms with Crippen molar-refractivity contribution in [3.63, 3.8) is 0 Å². The summed E-state index contributed by atoms with van der Waals surface area (Å²) in [6, 6.07) is 0. The number of likely N-dealkylation sites (N-methyl/N-ethyl adjacent to an activating group) is 1. The maximum atomic E-state index is 12.1. The van der Waals surface area contributed by atoms with Crippen LogP contribution in [0.25, 0.3) is 0 Å². The molecule has 0 rings (SSSR count). The van der Waals surface area contributed by atoms with E-state index in [1.165, 1.54) is 11.0 Å². The van der Waals surface area contributed by atoms with Gasteiger partial charge in [-0.1, -0.05) is 26.3 Å². The lowest BCUT2D eigenvalue weighted by Gasteiger charge is -2.48. The number of carbonyl (C=O) groups excluding carboxylic acids is 4. The van der Waals surface area contributed by atoms with Crippen molar-refractivity contribution in [1.29, 1.82) is 0 Å². The second-order valence-electron chi connectivity index (χ2n) is 15.2. The Morgan fingerprint density at radius 1 is 0.620 bits per heavy atom. The molecule has 288 valence electrons. The van der Waals surface area contributed by atoms with Crippen molar-refractivity contribution in [3.8, 4) is 0 Å². The molecular formula is C35H67NO10Si4. The van der Waals surface area contributed by atoms with Crippen molar-refractivity contribution in [3.05, 3.63) is 49.1 Å². The molecule has 11 nitrogen and oxygen atoms in total. The van der Waals surface area contributed by atoms with E-state index in [1.807, 2.05) is 0 Å². The van der Waals surface area contributed by atoms with Crippen LogP contribution in [-0.4, -0.2) is 97.1 Å². The highest BCUT2D eigenvalue weighted by Gasteiger charge is 2.50. The lowest BCUT2D eigenvalue weighted by Crippen LogP contribution is -2.55. The molecular weight excluding hydrogens is 707 g/mol. The molecule has 0 radical (unpaired) electrons. The fourth-order valence-corrected chi connectivity index (χ4v) is 16.3. The van der Waals surface area contributed by atoms with Gasteiger partial charge in [-0.15, -0.1) is 0 Å². The Kier molecular flexibility index (Phi) is 23.1. The lowest BCUT2D eigenvalue weighted by molar-refractivity contribution is -0.139. The SMILES string of the molecule is C=C(C)C(=O)OCCCC(CCCOC(=O)C(=C)C)(CCCOC(=O)C(=C)C)[Si](C)(C)O[SiH](O[Si](C)(C)C)O[Si](C)(C)C.C=CC(=O)N(C)C. The van der Waals surface area contributed by atoms with Crippen LogP contribution in [0.2, 0.25) is 57.4 Å². The molecule has 50 heavy (non-hydrogen) atoms. The largest absolute Gasteiger partial charge is 0.462 e. The molecule has 0 aromatic carbocycles. The summed E-state index contributed by atoms with van der Waals surface area (Å²) in [5.74, 6) is -1.32. The monoisotopic (exact) mass is 773 g/mol. The maximum Gasteiger partial charge on any atom is 0.452 e. The van der Waals surface area contributed by atoms with Gasteiger partial charge in [0, 0.05) is 30.8 Å². The number of amides is 1. The van der Waals surface area contributed by atoms with E-state index in [1.54, 1.807) is 34.9 Å². The third kappa shape index (κ3) is 22.4. The van der Waals surface area contributed by atoms with Crippen molar-refractivity contribution in [1.82, 2.24) is 4.90 Å². The van der Waals surface area contributed by atoms with Crippen LogP contribution in [0.15, 0.2) is 49.1 Å². The number of esters is 3. The summed E-state index contributed by atoms with van der Waals surface area (Å²) in [6.07, 6.45) is 5.17. The Bertz CT molecular complexity index is 1070. The van der Waals surface area contributed by atoms with Gasteiger partial charge in [-0.25, -0.2) is 14.4 Å². The summed E-state index contributed by atoms with van der Waals surface area (Å²) in [5, 5.41) is -0.356.